The van der Waals surface area contributed by atoms with E-state index in [1.54, 1.807) is 0 Å². The summed E-state index contributed by atoms with van der Waals surface area (Å²) in [5, 5.41) is 2.33. The Morgan fingerprint density at radius 1 is 1.23 bits per heavy atom. The van der Waals surface area contributed by atoms with Gasteiger partial charge >= 0.3 is 5.97 Å². The van der Waals surface area contributed by atoms with Crippen LogP contribution in [0.5, 0.6) is 0 Å². The van der Waals surface area contributed by atoms with Crippen molar-refractivity contribution in [1.29, 1.82) is 0 Å². The molecule has 0 saturated heterocycles. The lowest BCUT2D eigenvalue weighted by molar-refractivity contribution is -0.156. The van der Waals surface area contributed by atoms with Crippen LogP contribution in [-0.2, 0) is 34.0 Å². The van der Waals surface area contributed by atoms with Crippen molar-refractivity contribution < 1.29 is 36.8 Å². The van der Waals surface area contributed by atoms with Crippen molar-refractivity contribution in [1.82, 2.24) is 0 Å². The minimum absolute atomic E-state index is 0.118. The van der Waals surface area contributed by atoms with Crippen LogP contribution in [0.15, 0.2) is 29.2 Å². The minimum Gasteiger partial charge on any atom is -0.463 e. The summed E-state index contributed by atoms with van der Waals surface area (Å²) in [5.41, 5.74) is -0.118. The third-order valence-electron chi connectivity index (χ3n) is 3.56. The van der Waals surface area contributed by atoms with Crippen LogP contribution in [-0.4, -0.2) is 50.5 Å². The lowest BCUT2D eigenvalue weighted by Crippen LogP contribution is -2.29. The number of ether oxygens (including phenoxy) is 2. The summed E-state index contributed by atoms with van der Waals surface area (Å²) < 4.78 is 41.5. The number of para-hydroxylation sites is 1. The highest BCUT2D eigenvalue weighted by Gasteiger charge is 2.24. The van der Waals surface area contributed by atoms with Crippen LogP contribution in [0.25, 0.3) is 0 Å². The van der Waals surface area contributed by atoms with Crippen molar-refractivity contribution in [3.05, 3.63) is 24.3 Å². The Bertz CT molecular complexity index is 774. The average molecular weight is 387 g/mol. The number of hydrogen-bond donors (Lipinski definition) is 2. The maximum absolute atomic E-state index is 12.1. The maximum Gasteiger partial charge on any atom is 0.334 e. The van der Waals surface area contributed by atoms with Gasteiger partial charge in [-0.2, -0.15) is 8.42 Å². The van der Waals surface area contributed by atoms with Crippen LogP contribution in [0.3, 0.4) is 0 Å². The van der Waals surface area contributed by atoms with E-state index in [2.05, 4.69) is 5.32 Å². The topological polar surface area (TPSA) is 136 Å². The van der Waals surface area contributed by atoms with Gasteiger partial charge in [0.2, 0.25) is 5.91 Å². The molecule has 0 aliphatic carbocycles. The molecule has 0 saturated carbocycles. The fourth-order valence-electron chi connectivity index (χ4n) is 1.94. The Hall–Kier alpha value is -2.30. The average Bonchev–Trinajstić information content (AvgIpc) is 2.56. The second kappa shape index (κ2) is 9.41. The second-order valence-corrected chi connectivity index (χ2v) is 6.93. The van der Waals surface area contributed by atoms with Gasteiger partial charge in [0.05, 0.1) is 11.6 Å². The highest BCUT2D eigenvalue weighted by atomic mass is 32.2. The number of Topliss-reactive ketones (excluding diaryl/α,β-unsaturated/α-hetero) is 1. The number of benzene rings is 1. The van der Waals surface area contributed by atoms with Gasteiger partial charge in [-0.15, -0.1) is 0 Å². The molecule has 26 heavy (non-hydrogen) atoms. The molecule has 144 valence electrons. The molecule has 1 amide bonds. The van der Waals surface area contributed by atoms with Crippen molar-refractivity contribution in [2.45, 2.75) is 31.3 Å². The molecule has 0 aliphatic rings. The van der Waals surface area contributed by atoms with Crippen LogP contribution in [0.2, 0.25) is 0 Å². The van der Waals surface area contributed by atoms with E-state index >= 15 is 0 Å². The van der Waals surface area contributed by atoms with E-state index in [9.17, 15) is 27.4 Å². The number of amides is 1. The van der Waals surface area contributed by atoms with Crippen molar-refractivity contribution in [3.63, 3.8) is 0 Å². The molecule has 1 rings (SSSR count). The van der Waals surface area contributed by atoms with Gasteiger partial charge in [-0.05, 0) is 26.0 Å². The zero-order valence-electron chi connectivity index (χ0n) is 14.6. The quantitative estimate of drug-likeness (QED) is 0.474. The molecule has 0 spiro atoms. The van der Waals surface area contributed by atoms with Gasteiger partial charge in [0, 0.05) is 13.5 Å². The summed E-state index contributed by atoms with van der Waals surface area (Å²) in [5.74, 6) is -2.62. The first-order valence-corrected chi connectivity index (χ1v) is 9.06. The van der Waals surface area contributed by atoms with Crippen LogP contribution < -0.4 is 5.32 Å². The minimum atomic E-state index is -4.52. The molecular weight excluding hydrogens is 366 g/mol. The van der Waals surface area contributed by atoms with Crippen molar-refractivity contribution in [2.24, 2.45) is 5.92 Å². The van der Waals surface area contributed by atoms with Gasteiger partial charge in [-0.25, -0.2) is 4.79 Å². The van der Waals surface area contributed by atoms with E-state index in [1.165, 1.54) is 39.2 Å². The molecule has 0 aliphatic heterocycles. The normalized spacial score (nSPS) is 13.5. The molecule has 1 aromatic rings. The number of esters is 1. The van der Waals surface area contributed by atoms with Crippen LogP contribution in [0.4, 0.5) is 5.69 Å². The second-order valence-electron chi connectivity index (χ2n) is 5.54. The third-order valence-corrected chi connectivity index (χ3v) is 4.47. The lowest BCUT2D eigenvalue weighted by Gasteiger charge is -2.16. The van der Waals surface area contributed by atoms with E-state index in [1.807, 2.05) is 0 Å². The Kier molecular flexibility index (Phi) is 7.87. The van der Waals surface area contributed by atoms with Gasteiger partial charge in [0.1, 0.15) is 17.3 Å². The molecule has 0 radical (unpaired) electrons. The zero-order valence-corrected chi connectivity index (χ0v) is 15.4. The predicted molar refractivity (Wildman–Crippen MR) is 91.1 cm³/mol. The Morgan fingerprint density at radius 3 is 2.38 bits per heavy atom. The molecule has 9 nitrogen and oxygen atoms in total. The first kappa shape index (κ1) is 21.7. The smallest absolute Gasteiger partial charge is 0.334 e. The summed E-state index contributed by atoms with van der Waals surface area (Å²) in [7, 11) is -3.19. The molecule has 0 aromatic heterocycles. The molecule has 2 unspecified atom stereocenters. The fraction of sp³-hybridized carbons (Fsp3) is 0.438. The number of methoxy groups -OCH3 is 1. The molecule has 2 atom stereocenters. The molecule has 10 heteroatoms. The molecular formula is C16H21NO8S. The van der Waals surface area contributed by atoms with E-state index in [-0.39, 0.29) is 24.5 Å². The van der Waals surface area contributed by atoms with Gasteiger partial charge in [0.25, 0.3) is 10.1 Å². The summed E-state index contributed by atoms with van der Waals surface area (Å²) in [4.78, 5) is 34.9. The summed E-state index contributed by atoms with van der Waals surface area (Å²) in [6, 6.07) is 5.28. The number of ketones is 1. The summed E-state index contributed by atoms with van der Waals surface area (Å²) in [6.07, 6.45) is -1.14. The molecule has 0 heterocycles. The van der Waals surface area contributed by atoms with Crippen molar-refractivity contribution >= 4 is 33.5 Å². The fourth-order valence-corrected chi connectivity index (χ4v) is 2.58. The Balaban J connectivity index is 2.78. The van der Waals surface area contributed by atoms with E-state index < -0.39 is 38.9 Å². The molecule has 0 fully saturated rings. The number of carbonyl (C=O) groups excluding carboxylic acids is 3. The van der Waals surface area contributed by atoms with Gasteiger partial charge < -0.3 is 14.8 Å². The monoisotopic (exact) mass is 387 g/mol. The highest BCUT2D eigenvalue weighted by Crippen LogP contribution is 2.21. The van der Waals surface area contributed by atoms with Gasteiger partial charge in [0.15, 0.2) is 6.10 Å². The number of rotatable bonds is 9. The third kappa shape index (κ3) is 6.54. The largest absolute Gasteiger partial charge is 0.463 e. The van der Waals surface area contributed by atoms with Crippen LogP contribution in [0, 0.1) is 5.92 Å². The summed E-state index contributed by atoms with van der Waals surface area (Å²) >= 11 is 0. The molecule has 0 bridgehead atoms. The zero-order chi connectivity index (χ0) is 19.9. The molecule has 2 N–H and O–H groups in total. The first-order chi connectivity index (χ1) is 12.1. The number of hydrogen-bond acceptors (Lipinski definition) is 7. The lowest BCUT2D eigenvalue weighted by atomic mass is 10.0. The maximum atomic E-state index is 12.1. The number of carbonyl (C=O) groups is 3. The van der Waals surface area contributed by atoms with Crippen molar-refractivity contribution in [3.8, 4) is 0 Å². The van der Waals surface area contributed by atoms with E-state index in [4.69, 9.17) is 9.47 Å². The van der Waals surface area contributed by atoms with Gasteiger partial charge in [-0.3, -0.25) is 14.1 Å². The van der Waals surface area contributed by atoms with Gasteiger partial charge in [-0.1, -0.05) is 12.1 Å². The van der Waals surface area contributed by atoms with E-state index in [0.29, 0.717) is 0 Å². The molecule has 1 aromatic carbocycles. The van der Waals surface area contributed by atoms with Crippen molar-refractivity contribution in [2.75, 3.05) is 19.0 Å². The van der Waals surface area contributed by atoms with Crippen LogP contribution in [0.1, 0.15) is 20.3 Å². The standard InChI is InChI=1S/C16H21NO8S/c1-10(18)12(9-25-16(20)11(2)24-3)8-15(19)17-13-6-4-5-7-14(13)26(21,22)23/h4-7,11-12H,8-9H2,1-3H3,(H,17,19)(H,21,22,23). The Labute approximate surface area is 151 Å². The summed E-state index contributed by atoms with van der Waals surface area (Å²) in [6.45, 7) is 2.41. The number of anilines is 1. The van der Waals surface area contributed by atoms with E-state index in [0.717, 1.165) is 6.07 Å². The predicted octanol–water partition coefficient (Wildman–Crippen LogP) is 1.05. The first-order valence-electron chi connectivity index (χ1n) is 7.62. The van der Waals surface area contributed by atoms with Crippen LogP contribution >= 0.6 is 0 Å². The Morgan fingerprint density at radius 2 is 1.85 bits per heavy atom. The highest BCUT2D eigenvalue weighted by molar-refractivity contribution is 7.86. The SMILES string of the molecule is COC(C)C(=O)OCC(CC(=O)Nc1ccccc1S(=O)(=O)O)C(C)=O. The number of nitrogens with one attached hydrogen (secondary N) is 1.